The van der Waals surface area contributed by atoms with Crippen LogP contribution in [0.5, 0.6) is 0 Å². The van der Waals surface area contributed by atoms with E-state index in [0.29, 0.717) is 19.7 Å². The van der Waals surface area contributed by atoms with Crippen LogP contribution in [0.25, 0.3) is 0 Å². The molecule has 0 aromatic rings. The summed E-state index contributed by atoms with van der Waals surface area (Å²) in [5.41, 5.74) is 5.67. The number of nitrogens with zero attached hydrogens (tertiary/aromatic N) is 1. The van der Waals surface area contributed by atoms with Crippen LogP contribution in [0, 0.1) is 5.41 Å². The van der Waals surface area contributed by atoms with Gasteiger partial charge in [-0.1, -0.05) is 20.8 Å². The Labute approximate surface area is 114 Å². The van der Waals surface area contributed by atoms with E-state index in [1.807, 2.05) is 27.7 Å². The van der Waals surface area contributed by atoms with Crippen LogP contribution in [-0.2, 0) is 14.3 Å². The maximum absolute atomic E-state index is 12.4. The molecule has 1 fully saturated rings. The highest BCUT2D eigenvalue weighted by Gasteiger charge is 2.38. The van der Waals surface area contributed by atoms with E-state index in [4.69, 9.17) is 10.5 Å². The minimum Gasteiger partial charge on any atom is -0.377 e. The zero-order valence-electron chi connectivity index (χ0n) is 12.2. The van der Waals surface area contributed by atoms with Gasteiger partial charge in [0.25, 0.3) is 0 Å². The predicted octanol–water partition coefficient (Wildman–Crippen LogP) is -0.277. The number of hydrogen-bond acceptors (Lipinski definition) is 4. The first kappa shape index (κ1) is 15.9. The molecular formula is C13H25N3O3. The van der Waals surface area contributed by atoms with E-state index >= 15 is 0 Å². The normalized spacial score (nSPS) is 21.9. The van der Waals surface area contributed by atoms with Crippen molar-refractivity contribution in [2.45, 2.75) is 39.8 Å². The molecule has 19 heavy (non-hydrogen) atoms. The lowest BCUT2D eigenvalue weighted by molar-refractivity contribution is -0.151. The fourth-order valence-corrected chi connectivity index (χ4v) is 1.93. The number of ether oxygens (including phenoxy) is 1. The van der Waals surface area contributed by atoms with Crippen LogP contribution >= 0.6 is 0 Å². The van der Waals surface area contributed by atoms with Crippen molar-refractivity contribution in [2.24, 2.45) is 11.1 Å². The van der Waals surface area contributed by atoms with Crippen molar-refractivity contribution in [3.8, 4) is 0 Å². The number of nitrogens with two attached hydrogens (primary N) is 1. The maximum atomic E-state index is 12.4. The highest BCUT2D eigenvalue weighted by atomic mass is 16.5. The topological polar surface area (TPSA) is 84.7 Å². The standard InChI is InChI=1S/C13H25N3O3/c1-5-15-11(17)9-8-19-7-6-16(9)12(18)10(14)13(2,3)4/h9-10H,5-8,14H2,1-4H3,(H,15,17)/t9?,10-/m1/s1. The maximum Gasteiger partial charge on any atom is 0.245 e. The van der Waals surface area contributed by atoms with Gasteiger partial charge in [-0.15, -0.1) is 0 Å². The second-order valence-corrected chi connectivity index (χ2v) is 5.86. The first-order chi connectivity index (χ1) is 8.79. The molecule has 2 amide bonds. The van der Waals surface area contributed by atoms with Crippen LogP contribution in [0.4, 0.5) is 0 Å². The molecule has 3 N–H and O–H groups in total. The highest BCUT2D eigenvalue weighted by Crippen LogP contribution is 2.21. The van der Waals surface area contributed by atoms with Gasteiger partial charge < -0.3 is 20.7 Å². The average molecular weight is 271 g/mol. The number of rotatable bonds is 3. The molecule has 0 aliphatic carbocycles. The monoisotopic (exact) mass is 271 g/mol. The number of carbonyl (C=O) groups is 2. The Kier molecular flexibility index (Phi) is 5.31. The van der Waals surface area contributed by atoms with Crippen LogP contribution in [0.2, 0.25) is 0 Å². The summed E-state index contributed by atoms with van der Waals surface area (Å²) >= 11 is 0. The van der Waals surface area contributed by atoms with Crippen molar-refractivity contribution in [1.29, 1.82) is 0 Å². The lowest BCUT2D eigenvalue weighted by atomic mass is 9.86. The molecule has 1 unspecified atom stereocenters. The molecule has 110 valence electrons. The molecule has 1 aliphatic heterocycles. The Morgan fingerprint density at radius 1 is 1.47 bits per heavy atom. The van der Waals surface area contributed by atoms with Crippen LogP contribution < -0.4 is 11.1 Å². The molecule has 2 atom stereocenters. The first-order valence-corrected chi connectivity index (χ1v) is 6.70. The Morgan fingerprint density at radius 3 is 2.63 bits per heavy atom. The molecule has 1 aliphatic rings. The summed E-state index contributed by atoms with van der Waals surface area (Å²) in [7, 11) is 0. The van der Waals surface area contributed by atoms with E-state index in [9.17, 15) is 9.59 Å². The lowest BCUT2D eigenvalue weighted by Gasteiger charge is -2.38. The van der Waals surface area contributed by atoms with Crippen molar-refractivity contribution in [3.63, 3.8) is 0 Å². The molecule has 0 aromatic carbocycles. The highest BCUT2D eigenvalue weighted by molar-refractivity contribution is 5.90. The van der Waals surface area contributed by atoms with Gasteiger partial charge in [-0.25, -0.2) is 0 Å². The Bertz CT molecular complexity index is 339. The molecule has 6 nitrogen and oxygen atoms in total. The fraction of sp³-hybridized carbons (Fsp3) is 0.846. The largest absolute Gasteiger partial charge is 0.377 e. The zero-order chi connectivity index (χ0) is 14.6. The summed E-state index contributed by atoms with van der Waals surface area (Å²) in [6, 6.07) is -1.20. The van der Waals surface area contributed by atoms with Crippen molar-refractivity contribution < 1.29 is 14.3 Å². The van der Waals surface area contributed by atoms with Crippen LogP contribution in [0.15, 0.2) is 0 Å². The van der Waals surface area contributed by atoms with E-state index in [0.717, 1.165) is 0 Å². The number of amides is 2. The Morgan fingerprint density at radius 2 is 2.11 bits per heavy atom. The summed E-state index contributed by atoms with van der Waals surface area (Å²) in [4.78, 5) is 25.9. The van der Waals surface area contributed by atoms with Gasteiger partial charge in [0, 0.05) is 13.1 Å². The molecule has 1 rings (SSSR count). The summed E-state index contributed by atoms with van der Waals surface area (Å²) < 4.78 is 5.30. The number of carbonyl (C=O) groups excluding carboxylic acids is 2. The van der Waals surface area contributed by atoms with E-state index < -0.39 is 12.1 Å². The van der Waals surface area contributed by atoms with E-state index in [1.165, 1.54) is 0 Å². The molecule has 1 heterocycles. The third-order valence-corrected chi connectivity index (χ3v) is 3.26. The van der Waals surface area contributed by atoms with Crippen molar-refractivity contribution in [3.05, 3.63) is 0 Å². The number of likely N-dealkylation sites (N-methyl/N-ethyl adjacent to an activating group) is 1. The summed E-state index contributed by atoms with van der Waals surface area (Å²) in [5, 5.41) is 2.72. The third-order valence-electron chi connectivity index (χ3n) is 3.26. The second kappa shape index (κ2) is 6.34. The summed E-state index contributed by atoms with van der Waals surface area (Å²) in [6.45, 7) is 9.19. The van der Waals surface area contributed by atoms with Gasteiger partial charge in [0.2, 0.25) is 11.8 Å². The zero-order valence-corrected chi connectivity index (χ0v) is 12.2. The van der Waals surface area contributed by atoms with Gasteiger partial charge in [0.15, 0.2) is 0 Å². The minimum atomic E-state index is -0.623. The molecule has 0 spiro atoms. The number of nitrogens with one attached hydrogen (secondary N) is 1. The SMILES string of the molecule is CCNC(=O)C1COCCN1C(=O)[C@@H](N)C(C)(C)C. The molecule has 0 radical (unpaired) electrons. The molecule has 0 saturated carbocycles. The first-order valence-electron chi connectivity index (χ1n) is 6.70. The van der Waals surface area contributed by atoms with Gasteiger partial charge in [0.05, 0.1) is 19.3 Å². The summed E-state index contributed by atoms with van der Waals surface area (Å²) in [6.07, 6.45) is 0. The average Bonchev–Trinajstić information content (AvgIpc) is 2.36. The Hall–Kier alpha value is -1.14. The fourth-order valence-electron chi connectivity index (χ4n) is 1.93. The van der Waals surface area contributed by atoms with Gasteiger partial charge in [-0.3, -0.25) is 9.59 Å². The summed E-state index contributed by atoms with van der Waals surface area (Å²) in [5.74, 6) is -0.372. The van der Waals surface area contributed by atoms with Gasteiger partial charge in [-0.05, 0) is 12.3 Å². The van der Waals surface area contributed by atoms with Crippen LogP contribution in [0.1, 0.15) is 27.7 Å². The molecular weight excluding hydrogens is 246 g/mol. The second-order valence-electron chi connectivity index (χ2n) is 5.86. The number of hydrogen-bond donors (Lipinski definition) is 2. The minimum absolute atomic E-state index is 0.184. The molecule has 0 aromatic heterocycles. The smallest absolute Gasteiger partial charge is 0.245 e. The molecule has 1 saturated heterocycles. The van der Waals surface area contributed by atoms with E-state index in [1.54, 1.807) is 4.90 Å². The van der Waals surface area contributed by atoms with Crippen LogP contribution in [-0.4, -0.2) is 55.1 Å². The quantitative estimate of drug-likeness (QED) is 0.739. The van der Waals surface area contributed by atoms with Gasteiger partial charge in [0.1, 0.15) is 6.04 Å². The molecule has 6 heteroatoms. The molecule has 0 bridgehead atoms. The Balaban J connectivity index is 2.82. The van der Waals surface area contributed by atoms with E-state index in [2.05, 4.69) is 5.32 Å². The van der Waals surface area contributed by atoms with Gasteiger partial charge >= 0.3 is 0 Å². The van der Waals surface area contributed by atoms with E-state index in [-0.39, 0.29) is 23.8 Å². The van der Waals surface area contributed by atoms with Crippen molar-refractivity contribution in [1.82, 2.24) is 10.2 Å². The predicted molar refractivity (Wildman–Crippen MR) is 72.4 cm³/mol. The van der Waals surface area contributed by atoms with Gasteiger partial charge in [-0.2, -0.15) is 0 Å². The third kappa shape index (κ3) is 3.91. The van der Waals surface area contributed by atoms with Crippen molar-refractivity contribution >= 4 is 11.8 Å². The van der Waals surface area contributed by atoms with Crippen LogP contribution in [0.3, 0.4) is 0 Å². The van der Waals surface area contributed by atoms with Crippen molar-refractivity contribution in [2.75, 3.05) is 26.3 Å². The number of morpholine rings is 1. The lowest BCUT2D eigenvalue weighted by Crippen LogP contribution is -2.61.